The van der Waals surface area contributed by atoms with E-state index >= 15 is 0 Å². The van der Waals surface area contributed by atoms with Crippen LogP contribution in [0.3, 0.4) is 0 Å². The molecule has 0 aliphatic rings. The smallest absolute Gasteiger partial charge is 0.101 e. The van der Waals surface area contributed by atoms with Gasteiger partial charge in [0.25, 0.3) is 0 Å². The molecule has 1 aromatic heterocycles. The molecule has 0 aliphatic carbocycles. The van der Waals surface area contributed by atoms with Crippen LogP contribution in [0.5, 0.6) is 0 Å². The summed E-state index contributed by atoms with van der Waals surface area (Å²) in [5.74, 6) is 0. The molecule has 0 aromatic carbocycles. The molecule has 0 amide bonds. The first kappa shape index (κ1) is 9.00. The second kappa shape index (κ2) is 3.11. The third kappa shape index (κ3) is 1.73. The number of aliphatic hydroxyl groups is 1. The van der Waals surface area contributed by atoms with Crippen LogP contribution in [0.15, 0.2) is 11.4 Å². The number of rotatable bonds is 2. The summed E-state index contributed by atoms with van der Waals surface area (Å²) in [6.45, 7) is 1.84. The van der Waals surface area contributed by atoms with Crippen molar-refractivity contribution in [2.75, 3.05) is 6.54 Å². The lowest BCUT2D eigenvalue weighted by Gasteiger charge is -2.20. The van der Waals surface area contributed by atoms with Crippen molar-refractivity contribution < 1.29 is 5.11 Å². The fraction of sp³-hybridized carbons (Fsp3) is 0.429. The van der Waals surface area contributed by atoms with Gasteiger partial charge in [0.1, 0.15) is 5.60 Å². The van der Waals surface area contributed by atoms with Crippen LogP contribution in [-0.4, -0.2) is 11.7 Å². The summed E-state index contributed by atoms with van der Waals surface area (Å²) >= 11 is 7.20. The average Bonchev–Trinajstić information content (AvgIpc) is 2.36. The predicted octanol–water partition coefficient (Wildman–Crippen LogP) is 1.57. The van der Waals surface area contributed by atoms with Crippen molar-refractivity contribution in [3.8, 4) is 0 Å². The van der Waals surface area contributed by atoms with Gasteiger partial charge < -0.3 is 10.8 Å². The highest BCUT2D eigenvalue weighted by Crippen LogP contribution is 2.31. The Morgan fingerprint density at radius 2 is 2.45 bits per heavy atom. The van der Waals surface area contributed by atoms with Crippen LogP contribution < -0.4 is 5.73 Å². The highest BCUT2D eigenvalue weighted by molar-refractivity contribution is 7.14. The molecule has 0 saturated carbocycles. The molecule has 3 N–H and O–H groups in total. The maximum atomic E-state index is 9.66. The number of thiophene rings is 1. The van der Waals surface area contributed by atoms with Gasteiger partial charge in [-0.3, -0.25) is 0 Å². The van der Waals surface area contributed by atoms with Crippen molar-refractivity contribution in [1.29, 1.82) is 0 Å². The van der Waals surface area contributed by atoms with Gasteiger partial charge in [-0.25, -0.2) is 0 Å². The number of hydrogen-bond acceptors (Lipinski definition) is 3. The largest absolute Gasteiger partial charge is 0.384 e. The molecule has 0 fully saturated rings. The molecule has 1 unspecified atom stereocenters. The van der Waals surface area contributed by atoms with Crippen LogP contribution in [0.25, 0.3) is 0 Å². The maximum absolute atomic E-state index is 9.66. The second-order valence-electron chi connectivity index (χ2n) is 2.59. The Morgan fingerprint density at radius 3 is 2.82 bits per heavy atom. The molecule has 0 saturated heterocycles. The zero-order valence-electron chi connectivity index (χ0n) is 6.17. The molecule has 11 heavy (non-hydrogen) atoms. The minimum Gasteiger partial charge on any atom is -0.384 e. The summed E-state index contributed by atoms with van der Waals surface area (Å²) in [6.07, 6.45) is 0. The summed E-state index contributed by atoms with van der Waals surface area (Å²) in [5, 5.41) is 11.5. The van der Waals surface area contributed by atoms with E-state index in [9.17, 15) is 5.11 Å². The van der Waals surface area contributed by atoms with E-state index in [0.29, 0.717) is 9.90 Å². The lowest BCUT2D eigenvalue weighted by Crippen LogP contribution is -2.30. The Bertz CT molecular complexity index is 246. The molecule has 0 spiro atoms. The fourth-order valence-corrected chi connectivity index (χ4v) is 1.95. The quantitative estimate of drug-likeness (QED) is 0.746. The molecule has 1 rings (SSSR count). The van der Waals surface area contributed by atoms with E-state index in [1.807, 2.05) is 5.38 Å². The minimum absolute atomic E-state index is 0.184. The maximum Gasteiger partial charge on any atom is 0.101 e. The van der Waals surface area contributed by atoms with E-state index in [0.717, 1.165) is 0 Å². The molecule has 0 radical (unpaired) electrons. The van der Waals surface area contributed by atoms with E-state index in [1.54, 1.807) is 13.0 Å². The third-order valence-electron chi connectivity index (χ3n) is 1.60. The fourth-order valence-electron chi connectivity index (χ4n) is 0.792. The van der Waals surface area contributed by atoms with Gasteiger partial charge in [-0.1, -0.05) is 11.6 Å². The van der Waals surface area contributed by atoms with E-state index in [4.69, 9.17) is 17.3 Å². The van der Waals surface area contributed by atoms with Gasteiger partial charge in [0.2, 0.25) is 0 Å². The lowest BCUT2D eigenvalue weighted by molar-refractivity contribution is 0.0674. The number of nitrogens with two attached hydrogens (primary N) is 1. The monoisotopic (exact) mass is 191 g/mol. The van der Waals surface area contributed by atoms with E-state index in [1.165, 1.54) is 11.3 Å². The van der Waals surface area contributed by atoms with E-state index < -0.39 is 5.60 Å². The third-order valence-corrected chi connectivity index (χ3v) is 2.77. The first-order valence-corrected chi connectivity index (χ1v) is 4.49. The van der Waals surface area contributed by atoms with Crippen molar-refractivity contribution in [3.63, 3.8) is 0 Å². The summed E-state index contributed by atoms with van der Waals surface area (Å²) in [6, 6.07) is 1.79. The Morgan fingerprint density at radius 1 is 1.82 bits per heavy atom. The first-order chi connectivity index (χ1) is 5.08. The van der Waals surface area contributed by atoms with Gasteiger partial charge in [-0.2, -0.15) is 0 Å². The number of hydrogen-bond donors (Lipinski definition) is 2. The number of halogens is 1. The molecule has 4 heteroatoms. The van der Waals surface area contributed by atoms with Gasteiger partial charge >= 0.3 is 0 Å². The molecule has 1 heterocycles. The zero-order valence-corrected chi connectivity index (χ0v) is 7.75. The van der Waals surface area contributed by atoms with Gasteiger partial charge in [-0.15, -0.1) is 11.3 Å². The Balaban J connectivity index is 3.00. The van der Waals surface area contributed by atoms with Crippen LogP contribution in [-0.2, 0) is 5.60 Å². The van der Waals surface area contributed by atoms with Crippen LogP contribution in [0.1, 0.15) is 12.5 Å². The average molecular weight is 192 g/mol. The zero-order chi connectivity index (χ0) is 8.48. The Kier molecular flexibility index (Phi) is 2.54. The predicted molar refractivity (Wildman–Crippen MR) is 48.0 cm³/mol. The van der Waals surface area contributed by atoms with Crippen molar-refractivity contribution in [1.82, 2.24) is 0 Å². The SMILES string of the molecule is CC(O)(CN)c1ccsc1Cl. The van der Waals surface area contributed by atoms with Crippen molar-refractivity contribution >= 4 is 22.9 Å². The highest BCUT2D eigenvalue weighted by atomic mass is 35.5. The summed E-state index contributed by atoms with van der Waals surface area (Å²) in [5.41, 5.74) is 5.09. The molecular weight excluding hydrogens is 182 g/mol. The molecule has 1 atom stereocenters. The second-order valence-corrected chi connectivity index (χ2v) is 4.10. The van der Waals surface area contributed by atoms with Gasteiger partial charge in [0, 0.05) is 12.1 Å². The van der Waals surface area contributed by atoms with Crippen molar-refractivity contribution in [2.24, 2.45) is 5.73 Å². The van der Waals surface area contributed by atoms with Gasteiger partial charge in [-0.05, 0) is 18.4 Å². The van der Waals surface area contributed by atoms with Crippen molar-refractivity contribution in [2.45, 2.75) is 12.5 Å². The summed E-state index contributed by atoms with van der Waals surface area (Å²) in [7, 11) is 0. The van der Waals surface area contributed by atoms with Gasteiger partial charge in [0.15, 0.2) is 0 Å². The lowest BCUT2D eigenvalue weighted by atomic mass is 10.00. The molecular formula is C7H10ClNOS. The minimum atomic E-state index is -0.989. The topological polar surface area (TPSA) is 46.2 Å². The van der Waals surface area contributed by atoms with Crippen molar-refractivity contribution in [3.05, 3.63) is 21.3 Å². The Hall–Kier alpha value is -0.0900. The molecule has 1 aromatic rings. The van der Waals surface area contributed by atoms with Crippen LogP contribution in [0, 0.1) is 0 Å². The Labute approximate surface area is 74.6 Å². The standard InChI is InChI=1S/C7H10ClNOS/c1-7(10,4-9)5-2-3-11-6(5)8/h2-3,10H,4,9H2,1H3. The van der Waals surface area contributed by atoms with E-state index in [-0.39, 0.29) is 6.54 Å². The van der Waals surface area contributed by atoms with E-state index in [2.05, 4.69) is 0 Å². The van der Waals surface area contributed by atoms with Crippen LogP contribution >= 0.6 is 22.9 Å². The molecule has 0 bridgehead atoms. The first-order valence-electron chi connectivity index (χ1n) is 3.24. The molecule has 2 nitrogen and oxygen atoms in total. The van der Waals surface area contributed by atoms with Crippen LogP contribution in [0.4, 0.5) is 0 Å². The molecule has 0 aliphatic heterocycles. The summed E-state index contributed by atoms with van der Waals surface area (Å²) < 4.78 is 0.612. The highest BCUT2D eigenvalue weighted by Gasteiger charge is 2.24. The molecule has 62 valence electrons. The van der Waals surface area contributed by atoms with Gasteiger partial charge in [0.05, 0.1) is 4.34 Å². The normalized spacial score (nSPS) is 16.4. The van der Waals surface area contributed by atoms with Crippen LogP contribution in [0.2, 0.25) is 4.34 Å². The summed E-state index contributed by atoms with van der Waals surface area (Å²) in [4.78, 5) is 0.